The SMILES string of the molecule is Cc1ccccc1CSc1nnc(CNC(=O)c2ccc(-c3ccccc3)cc2)n1-c1cc(Cl)ccc1Cl. The molecule has 190 valence electrons. The Morgan fingerprint density at radius 1 is 0.868 bits per heavy atom. The fourth-order valence-corrected chi connectivity index (χ4v) is 5.44. The minimum Gasteiger partial charge on any atom is -0.345 e. The molecule has 8 heteroatoms. The molecule has 0 radical (unpaired) electrons. The lowest BCUT2D eigenvalue weighted by atomic mass is 10.0. The lowest BCUT2D eigenvalue weighted by molar-refractivity contribution is 0.0949. The van der Waals surface area contributed by atoms with Crippen LogP contribution in [0.5, 0.6) is 0 Å². The first-order chi connectivity index (χ1) is 18.5. The first-order valence-electron chi connectivity index (χ1n) is 12.0. The highest BCUT2D eigenvalue weighted by molar-refractivity contribution is 7.98. The quantitative estimate of drug-likeness (QED) is 0.197. The second kappa shape index (κ2) is 11.9. The van der Waals surface area contributed by atoms with E-state index in [0.717, 1.165) is 11.1 Å². The summed E-state index contributed by atoms with van der Waals surface area (Å²) in [6, 6.07) is 31.0. The summed E-state index contributed by atoms with van der Waals surface area (Å²) in [5.74, 6) is 1.06. The fourth-order valence-electron chi connectivity index (χ4n) is 4.03. The largest absolute Gasteiger partial charge is 0.345 e. The van der Waals surface area contributed by atoms with Crippen molar-refractivity contribution in [3.05, 3.63) is 130 Å². The standard InChI is InChI=1S/C30H24Cl2N4OS/c1-20-7-5-6-10-24(20)19-38-30-35-34-28(36(30)27-17-25(31)15-16-26(27)32)18-33-29(37)23-13-11-22(12-14-23)21-8-3-2-4-9-21/h2-17H,18-19H2,1H3,(H,33,37). The maximum absolute atomic E-state index is 13.0. The lowest BCUT2D eigenvalue weighted by Gasteiger charge is -2.13. The summed E-state index contributed by atoms with van der Waals surface area (Å²) >= 11 is 14.4. The predicted octanol–water partition coefficient (Wildman–Crippen LogP) is 7.77. The molecule has 1 heterocycles. The Balaban J connectivity index is 1.37. The number of hydrogen-bond donors (Lipinski definition) is 1. The number of hydrogen-bond acceptors (Lipinski definition) is 4. The van der Waals surface area contributed by atoms with Crippen molar-refractivity contribution in [1.29, 1.82) is 0 Å². The Hall–Kier alpha value is -3.58. The Bertz CT molecular complexity index is 1570. The van der Waals surface area contributed by atoms with E-state index in [1.165, 1.54) is 11.1 Å². The molecule has 0 aliphatic carbocycles. The maximum atomic E-state index is 13.0. The summed E-state index contributed by atoms with van der Waals surface area (Å²) in [4.78, 5) is 13.0. The van der Waals surface area contributed by atoms with Gasteiger partial charge in [0.2, 0.25) is 0 Å². The number of carbonyl (C=O) groups excluding carboxylic acids is 1. The number of aryl methyl sites for hydroxylation is 1. The van der Waals surface area contributed by atoms with Gasteiger partial charge in [0.15, 0.2) is 11.0 Å². The predicted molar refractivity (Wildman–Crippen MR) is 155 cm³/mol. The van der Waals surface area contributed by atoms with Gasteiger partial charge in [-0.2, -0.15) is 0 Å². The first-order valence-corrected chi connectivity index (χ1v) is 13.7. The van der Waals surface area contributed by atoms with Crippen LogP contribution in [0.3, 0.4) is 0 Å². The van der Waals surface area contributed by atoms with E-state index >= 15 is 0 Å². The van der Waals surface area contributed by atoms with Crippen molar-refractivity contribution in [3.8, 4) is 16.8 Å². The summed E-state index contributed by atoms with van der Waals surface area (Å²) in [6.07, 6.45) is 0. The molecule has 0 saturated heterocycles. The van der Waals surface area contributed by atoms with Gasteiger partial charge in [-0.25, -0.2) is 0 Å². The summed E-state index contributed by atoms with van der Waals surface area (Å²) in [5, 5.41) is 13.5. The molecule has 0 atom stereocenters. The molecule has 5 rings (SSSR count). The first kappa shape index (κ1) is 26.0. The van der Waals surface area contributed by atoms with E-state index in [9.17, 15) is 4.79 Å². The van der Waals surface area contributed by atoms with Crippen molar-refractivity contribution < 1.29 is 4.79 Å². The zero-order valence-electron chi connectivity index (χ0n) is 20.6. The third kappa shape index (κ3) is 5.94. The van der Waals surface area contributed by atoms with Crippen LogP contribution in [-0.2, 0) is 12.3 Å². The van der Waals surface area contributed by atoms with Gasteiger partial charge in [-0.3, -0.25) is 9.36 Å². The Kier molecular flexibility index (Phi) is 8.13. The maximum Gasteiger partial charge on any atom is 0.251 e. The molecule has 0 aliphatic heterocycles. The molecule has 4 aromatic carbocycles. The summed E-state index contributed by atoms with van der Waals surface area (Å²) in [6.45, 7) is 2.25. The average molecular weight is 560 g/mol. The molecule has 0 aliphatic rings. The minimum absolute atomic E-state index is 0.167. The molecule has 0 bridgehead atoms. The van der Waals surface area contributed by atoms with E-state index in [4.69, 9.17) is 23.2 Å². The van der Waals surface area contributed by atoms with Crippen molar-refractivity contribution in [1.82, 2.24) is 20.1 Å². The number of nitrogens with one attached hydrogen (secondary N) is 1. The second-order valence-electron chi connectivity index (χ2n) is 8.67. The van der Waals surface area contributed by atoms with Crippen molar-refractivity contribution >= 4 is 40.9 Å². The number of carbonyl (C=O) groups is 1. The molecular formula is C30H24Cl2N4OS. The Morgan fingerprint density at radius 2 is 1.58 bits per heavy atom. The van der Waals surface area contributed by atoms with Gasteiger partial charge in [0, 0.05) is 16.3 Å². The number of rotatable bonds is 8. The number of nitrogens with zero attached hydrogens (tertiary/aromatic N) is 3. The van der Waals surface area contributed by atoms with Crippen LogP contribution in [0, 0.1) is 6.92 Å². The topological polar surface area (TPSA) is 59.8 Å². The third-order valence-electron chi connectivity index (χ3n) is 6.13. The molecular weight excluding hydrogens is 535 g/mol. The van der Waals surface area contributed by atoms with Gasteiger partial charge in [0.05, 0.1) is 17.3 Å². The highest BCUT2D eigenvalue weighted by atomic mass is 35.5. The monoisotopic (exact) mass is 558 g/mol. The highest BCUT2D eigenvalue weighted by Gasteiger charge is 2.19. The molecule has 1 aromatic heterocycles. The van der Waals surface area contributed by atoms with E-state index in [2.05, 4.69) is 34.6 Å². The van der Waals surface area contributed by atoms with Crippen LogP contribution in [-0.4, -0.2) is 20.7 Å². The highest BCUT2D eigenvalue weighted by Crippen LogP contribution is 2.31. The fraction of sp³-hybridized carbons (Fsp3) is 0.100. The molecule has 0 unspecified atom stereocenters. The molecule has 1 amide bonds. The number of thioether (sulfide) groups is 1. The van der Waals surface area contributed by atoms with E-state index in [0.29, 0.717) is 38.0 Å². The van der Waals surface area contributed by atoms with E-state index in [1.54, 1.807) is 30.0 Å². The van der Waals surface area contributed by atoms with Crippen molar-refractivity contribution in [2.45, 2.75) is 24.4 Å². The van der Waals surface area contributed by atoms with Crippen molar-refractivity contribution in [2.24, 2.45) is 0 Å². The Labute approximate surface area is 235 Å². The van der Waals surface area contributed by atoms with Gasteiger partial charge < -0.3 is 5.32 Å². The van der Waals surface area contributed by atoms with Gasteiger partial charge in [-0.15, -0.1) is 10.2 Å². The third-order valence-corrected chi connectivity index (χ3v) is 7.66. The zero-order valence-corrected chi connectivity index (χ0v) is 22.9. The molecule has 38 heavy (non-hydrogen) atoms. The van der Waals surface area contributed by atoms with Crippen LogP contribution in [0.25, 0.3) is 16.8 Å². The second-order valence-corrected chi connectivity index (χ2v) is 10.5. The zero-order chi connectivity index (χ0) is 26.5. The lowest BCUT2D eigenvalue weighted by Crippen LogP contribution is -2.24. The molecule has 0 saturated carbocycles. The summed E-state index contributed by atoms with van der Waals surface area (Å²) < 4.78 is 1.86. The van der Waals surface area contributed by atoms with Crippen LogP contribution < -0.4 is 5.32 Å². The van der Waals surface area contributed by atoms with E-state index in [-0.39, 0.29) is 12.5 Å². The van der Waals surface area contributed by atoms with Crippen molar-refractivity contribution in [3.63, 3.8) is 0 Å². The van der Waals surface area contributed by atoms with Crippen LogP contribution in [0.2, 0.25) is 10.0 Å². The Morgan fingerprint density at radius 3 is 2.34 bits per heavy atom. The van der Waals surface area contributed by atoms with Gasteiger partial charge in [0.1, 0.15) is 0 Å². The molecule has 5 aromatic rings. The number of benzene rings is 4. The van der Waals surface area contributed by atoms with E-state index in [1.807, 2.05) is 71.3 Å². The number of aromatic nitrogens is 3. The average Bonchev–Trinajstić information content (AvgIpc) is 3.35. The number of amides is 1. The summed E-state index contributed by atoms with van der Waals surface area (Å²) in [7, 11) is 0. The van der Waals surface area contributed by atoms with Gasteiger partial charge in [-0.05, 0) is 59.5 Å². The van der Waals surface area contributed by atoms with E-state index < -0.39 is 0 Å². The normalized spacial score (nSPS) is 10.9. The molecule has 0 fully saturated rings. The van der Waals surface area contributed by atoms with Crippen LogP contribution in [0.15, 0.2) is 102 Å². The molecule has 1 N–H and O–H groups in total. The van der Waals surface area contributed by atoms with Crippen LogP contribution in [0.4, 0.5) is 0 Å². The number of halogens is 2. The molecule has 0 spiro atoms. The minimum atomic E-state index is -0.203. The smallest absolute Gasteiger partial charge is 0.251 e. The van der Waals surface area contributed by atoms with Crippen molar-refractivity contribution in [2.75, 3.05) is 0 Å². The van der Waals surface area contributed by atoms with Crippen LogP contribution >= 0.6 is 35.0 Å². The van der Waals surface area contributed by atoms with Crippen LogP contribution in [0.1, 0.15) is 27.3 Å². The van der Waals surface area contributed by atoms with Gasteiger partial charge in [-0.1, -0.05) is 102 Å². The summed E-state index contributed by atoms with van der Waals surface area (Å²) in [5.41, 5.74) is 5.78. The van der Waals surface area contributed by atoms with Gasteiger partial charge in [0.25, 0.3) is 5.91 Å². The molecule has 5 nitrogen and oxygen atoms in total. The van der Waals surface area contributed by atoms with Gasteiger partial charge >= 0.3 is 0 Å².